The van der Waals surface area contributed by atoms with Gasteiger partial charge in [0.25, 0.3) is 0 Å². The Bertz CT molecular complexity index is 384. The zero-order valence-corrected chi connectivity index (χ0v) is 9.40. The van der Waals surface area contributed by atoms with Crippen LogP contribution in [0.1, 0.15) is 30.6 Å². The highest BCUT2D eigenvalue weighted by Gasteiger charge is 2.17. The van der Waals surface area contributed by atoms with E-state index in [9.17, 15) is 9.59 Å². The molecule has 0 aliphatic rings. The van der Waals surface area contributed by atoms with Crippen molar-refractivity contribution in [3.8, 4) is 0 Å². The fraction of sp³-hybridized carbons (Fsp3) is 0.333. The number of rotatable bonds is 3. The number of anilines is 1. The minimum atomic E-state index is -0.634. The second kappa shape index (κ2) is 5.30. The Morgan fingerprint density at radius 2 is 1.88 bits per heavy atom. The Morgan fingerprint density at radius 1 is 1.31 bits per heavy atom. The summed E-state index contributed by atoms with van der Waals surface area (Å²) in [5.74, 6) is -1.40. The normalized spacial score (nSPS) is 11.9. The molecule has 0 radical (unpaired) electrons. The summed E-state index contributed by atoms with van der Waals surface area (Å²) in [6.45, 7) is 3.58. The van der Waals surface area contributed by atoms with Crippen LogP contribution < -0.4 is 5.73 Å². The molecule has 0 saturated carbocycles. The molecule has 1 rings (SSSR count). The Morgan fingerprint density at radius 3 is 2.38 bits per heavy atom. The van der Waals surface area contributed by atoms with Gasteiger partial charge in [0.2, 0.25) is 0 Å². The highest BCUT2D eigenvalue weighted by Crippen LogP contribution is 2.09. The highest BCUT2D eigenvalue weighted by atomic mass is 16.6. The van der Waals surface area contributed by atoms with E-state index in [1.165, 1.54) is 12.1 Å². The molecular weight excluding hydrogens is 206 g/mol. The number of esters is 2. The zero-order chi connectivity index (χ0) is 12.1. The fourth-order valence-electron chi connectivity index (χ4n) is 1.04. The van der Waals surface area contributed by atoms with Crippen molar-refractivity contribution >= 4 is 17.6 Å². The summed E-state index contributed by atoms with van der Waals surface area (Å²) in [4.78, 5) is 22.9. The number of carbonyl (C=O) groups is 2. The average Bonchev–Trinajstić information content (AvgIpc) is 2.28. The van der Waals surface area contributed by atoms with Crippen molar-refractivity contribution in [3.63, 3.8) is 0 Å². The van der Waals surface area contributed by atoms with Crippen LogP contribution in [-0.4, -0.2) is 11.9 Å². The molecule has 4 heteroatoms. The predicted octanol–water partition coefficient (Wildman–Crippen LogP) is 2.00. The number of hydrogen-bond donors (Lipinski definition) is 1. The van der Waals surface area contributed by atoms with Gasteiger partial charge in [0.05, 0.1) is 11.5 Å². The second-order valence-electron chi connectivity index (χ2n) is 3.64. The van der Waals surface area contributed by atoms with Crippen LogP contribution in [0.5, 0.6) is 0 Å². The lowest BCUT2D eigenvalue weighted by Crippen LogP contribution is -2.18. The predicted molar refractivity (Wildman–Crippen MR) is 60.7 cm³/mol. The number of carbonyl (C=O) groups excluding carboxylic acids is 2. The summed E-state index contributed by atoms with van der Waals surface area (Å²) in [7, 11) is 0. The molecule has 1 aromatic rings. The van der Waals surface area contributed by atoms with Gasteiger partial charge in [-0.1, -0.05) is 13.8 Å². The van der Waals surface area contributed by atoms with Crippen molar-refractivity contribution < 1.29 is 14.3 Å². The van der Waals surface area contributed by atoms with Crippen molar-refractivity contribution in [1.29, 1.82) is 0 Å². The quantitative estimate of drug-likeness (QED) is 0.481. The molecule has 4 nitrogen and oxygen atoms in total. The third-order valence-electron chi connectivity index (χ3n) is 2.35. The first-order valence-electron chi connectivity index (χ1n) is 5.16. The topological polar surface area (TPSA) is 69.4 Å². The molecule has 0 aliphatic carbocycles. The molecule has 0 amide bonds. The van der Waals surface area contributed by atoms with Gasteiger partial charge in [-0.05, 0) is 30.7 Å². The van der Waals surface area contributed by atoms with Gasteiger partial charge in [0.1, 0.15) is 0 Å². The van der Waals surface area contributed by atoms with Crippen molar-refractivity contribution in [2.45, 2.75) is 20.3 Å². The summed E-state index contributed by atoms with van der Waals surface area (Å²) in [6.07, 6.45) is 0.647. The van der Waals surface area contributed by atoms with Crippen molar-refractivity contribution in [2.24, 2.45) is 5.92 Å². The van der Waals surface area contributed by atoms with E-state index in [1.807, 2.05) is 6.92 Å². The van der Waals surface area contributed by atoms with Gasteiger partial charge in [-0.2, -0.15) is 0 Å². The van der Waals surface area contributed by atoms with Gasteiger partial charge < -0.3 is 10.5 Å². The smallest absolute Gasteiger partial charge is 0.345 e. The van der Waals surface area contributed by atoms with E-state index in [0.29, 0.717) is 17.7 Å². The van der Waals surface area contributed by atoms with E-state index in [4.69, 9.17) is 10.5 Å². The largest absolute Gasteiger partial charge is 0.399 e. The van der Waals surface area contributed by atoms with E-state index >= 15 is 0 Å². The summed E-state index contributed by atoms with van der Waals surface area (Å²) >= 11 is 0. The number of ether oxygens (including phenoxy) is 1. The molecule has 0 fully saturated rings. The Labute approximate surface area is 94.4 Å². The van der Waals surface area contributed by atoms with Crippen molar-refractivity contribution in [2.75, 3.05) is 5.73 Å². The number of benzene rings is 1. The molecular formula is C12H15NO3. The molecule has 1 unspecified atom stereocenters. The molecule has 2 N–H and O–H groups in total. The van der Waals surface area contributed by atoms with Crippen molar-refractivity contribution in [1.82, 2.24) is 0 Å². The Hall–Kier alpha value is -1.84. The summed E-state index contributed by atoms with van der Waals surface area (Å²) in [5, 5.41) is 0. The molecule has 0 aliphatic heterocycles. The number of hydrogen-bond acceptors (Lipinski definition) is 4. The van der Waals surface area contributed by atoms with E-state index in [1.54, 1.807) is 19.1 Å². The molecule has 0 saturated heterocycles. The first-order chi connectivity index (χ1) is 7.54. The van der Waals surface area contributed by atoms with E-state index in [-0.39, 0.29) is 5.92 Å². The Kier molecular flexibility index (Phi) is 4.05. The molecule has 0 aromatic heterocycles. The van der Waals surface area contributed by atoms with Gasteiger partial charge in [-0.3, -0.25) is 4.79 Å². The van der Waals surface area contributed by atoms with Crippen molar-refractivity contribution in [3.05, 3.63) is 29.8 Å². The maximum Gasteiger partial charge on any atom is 0.345 e. The van der Waals surface area contributed by atoms with Crippen LogP contribution >= 0.6 is 0 Å². The van der Waals surface area contributed by atoms with Crippen LogP contribution in [0.4, 0.5) is 5.69 Å². The van der Waals surface area contributed by atoms with Gasteiger partial charge in [-0.25, -0.2) is 4.79 Å². The third kappa shape index (κ3) is 3.08. The first-order valence-corrected chi connectivity index (χ1v) is 5.16. The average molecular weight is 221 g/mol. The maximum atomic E-state index is 11.5. The second-order valence-corrected chi connectivity index (χ2v) is 3.64. The molecule has 0 spiro atoms. The van der Waals surface area contributed by atoms with Crippen LogP contribution in [0.15, 0.2) is 24.3 Å². The third-order valence-corrected chi connectivity index (χ3v) is 2.35. The first kappa shape index (κ1) is 12.2. The molecule has 1 atom stereocenters. The standard InChI is InChI=1S/C12H15NO3/c1-3-8(2)11(14)16-12(15)9-4-6-10(13)7-5-9/h4-8H,3,13H2,1-2H3. The minimum absolute atomic E-state index is 0.266. The molecule has 16 heavy (non-hydrogen) atoms. The van der Waals surface area contributed by atoms with Crippen LogP contribution in [0.2, 0.25) is 0 Å². The van der Waals surface area contributed by atoms with E-state index < -0.39 is 11.9 Å². The maximum absolute atomic E-state index is 11.5. The van der Waals surface area contributed by atoms with E-state index in [2.05, 4.69) is 0 Å². The van der Waals surface area contributed by atoms with Gasteiger partial charge in [0, 0.05) is 5.69 Å². The summed E-state index contributed by atoms with van der Waals surface area (Å²) in [5.41, 5.74) is 6.36. The van der Waals surface area contributed by atoms with Crippen LogP contribution in [0, 0.1) is 5.92 Å². The lowest BCUT2D eigenvalue weighted by atomic mass is 10.1. The minimum Gasteiger partial charge on any atom is -0.399 e. The molecule has 0 bridgehead atoms. The van der Waals surface area contributed by atoms with Gasteiger partial charge in [0.15, 0.2) is 0 Å². The molecule has 1 aromatic carbocycles. The van der Waals surface area contributed by atoms with E-state index in [0.717, 1.165) is 0 Å². The Balaban J connectivity index is 2.66. The van der Waals surface area contributed by atoms with Crippen LogP contribution in [-0.2, 0) is 9.53 Å². The highest BCUT2D eigenvalue weighted by molar-refractivity contribution is 5.97. The number of nitrogens with two attached hydrogens (primary N) is 1. The van der Waals surface area contributed by atoms with Crippen LogP contribution in [0.25, 0.3) is 0 Å². The fourth-order valence-corrected chi connectivity index (χ4v) is 1.04. The molecule has 0 heterocycles. The summed E-state index contributed by atoms with van der Waals surface area (Å²) in [6, 6.07) is 6.23. The lowest BCUT2D eigenvalue weighted by molar-refractivity contribution is -0.142. The van der Waals surface area contributed by atoms with Crippen LogP contribution in [0.3, 0.4) is 0 Å². The SMILES string of the molecule is CCC(C)C(=O)OC(=O)c1ccc(N)cc1. The molecule has 86 valence electrons. The zero-order valence-electron chi connectivity index (χ0n) is 9.40. The van der Waals surface area contributed by atoms with Gasteiger partial charge in [-0.15, -0.1) is 0 Å². The monoisotopic (exact) mass is 221 g/mol. The number of nitrogen functional groups attached to an aromatic ring is 1. The van der Waals surface area contributed by atoms with Gasteiger partial charge >= 0.3 is 11.9 Å². The summed E-state index contributed by atoms with van der Waals surface area (Å²) < 4.78 is 4.71. The lowest BCUT2D eigenvalue weighted by Gasteiger charge is -2.07.